The molecular formula is C23H27N5O. The lowest BCUT2D eigenvalue weighted by Crippen LogP contribution is -2.47. The van der Waals surface area contributed by atoms with Gasteiger partial charge in [-0.05, 0) is 49.2 Å². The van der Waals surface area contributed by atoms with Gasteiger partial charge in [0.15, 0.2) is 0 Å². The highest BCUT2D eigenvalue weighted by atomic mass is 16.5. The van der Waals surface area contributed by atoms with Crippen molar-refractivity contribution in [2.75, 3.05) is 61.1 Å². The monoisotopic (exact) mass is 389 g/mol. The van der Waals surface area contributed by atoms with Gasteiger partial charge in [0, 0.05) is 50.3 Å². The summed E-state index contributed by atoms with van der Waals surface area (Å²) >= 11 is 0. The zero-order chi connectivity index (χ0) is 19.6. The summed E-state index contributed by atoms with van der Waals surface area (Å²) in [6, 6.07) is 16.7. The Morgan fingerprint density at radius 1 is 0.724 bits per heavy atom. The van der Waals surface area contributed by atoms with Crippen LogP contribution >= 0.6 is 0 Å². The minimum atomic E-state index is 0.861. The molecule has 6 nitrogen and oxygen atoms in total. The maximum absolute atomic E-state index is 5.27. The van der Waals surface area contributed by atoms with E-state index in [1.54, 1.807) is 7.11 Å². The van der Waals surface area contributed by atoms with E-state index < -0.39 is 0 Å². The Hall–Kier alpha value is -3.02. The Kier molecular flexibility index (Phi) is 4.84. The van der Waals surface area contributed by atoms with Gasteiger partial charge in [-0.15, -0.1) is 0 Å². The second kappa shape index (κ2) is 7.78. The van der Waals surface area contributed by atoms with Crippen molar-refractivity contribution in [3.63, 3.8) is 0 Å². The zero-order valence-electron chi connectivity index (χ0n) is 16.9. The van der Waals surface area contributed by atoms with Crippen LogP contribution in [0.3, 0.4) is 0 Å². The van der Waals surface area contributed by atoms with Crippen molar-refractivity contribution < 1.29 is 4.74 Å². The Morgan fingerprint density at radius 2 is 1.41 bits per heavy atom. The number of para-hydroxylation sites is 1. The van der Waals surface area contributed by atoms with E-state index >= 15 is 0 Å². The minimum Gasteiger partial charge on any atom is -0.497 e. The predicted octanol–water partition coefficient (Wildman–Crippen LogP) is 3.57. The lowest BCUT2D eigenvalue weighted by atomic mass is 10.2. The summed E-state index contributed by atoms with van der Waals surface area (Å²) in [5, 5.41) is 1.16. The van der Waals surface area contributed by atoms with E-state index in [1.165, 1.54) is 18.5 Å². The van der Waals surface area contributed by atoms with Crippen LogP contribution in [0.1, 0.15) is 12.8 Å². The van der Waals surface area contributed by atoms with E-state index in [1.807, 2.05) is 12.1 Å². The topological polar surface area (TPSA) is 44.7 Å². The highest BCUT2D eigenvalue weighted by Gasteiger charge is 2.23. The quantitative estimate of drug-likeness (QED) is 0.680. The number of hydrogen-bond acceptors (Lipinski definition) is 6. The van der Waals surface area contributed by atoms with Gasteiger partial charge in [-0.3, -0.25) is 0 Å². The van der Waals surface area contributed by atoms with Crippen LogP contribution in [0, 0.1) is 0 Å². The molecule has 2 fully saturated rings. The first-order valence-electron chi connectivity index (χ1n) is 10.5. The molecule has 2 aliphatic heterocycles. The van der Waals surface area contributed by atoms with Crippen LogP contribution in [0.4, 0.5) is 17.5 Å². The second-order valence-corrected chi connectivity index (χ2v) is 7.73. The van der Waals surface area contributed by atoms with Crippen LogP contribution in [-0.4, -0.2) is 56.3 Å². The lowest BCUT2D eigenvalue weighted by Gasteiger charge is -2.36. The van der Waals surface area contributed by atoms with Crippen molar-refractivity contribution in [2.45, 2.75) is 12.8 Å². The van der Waals surface area contributed by atoms with E-state index in [-0.39, 0.29) is 0 Å². The Labute approximate surface area is 171 Å². The van der Waals surface area contributed by atoms with Gasteiger partial charge >= 0.3 is 0 Å². The van der Waals surface area contributed by atoms with E-state index in [9.17, 15) is 0 Å². The summed E-state index contributed by atoms with van der Waals surface area (Å²) in [6.45, 7) is 5.94. The highest BCUT2D eigenvalue weighted by molar-refractivity contribution is 5.90. The molecule has 29 heavy (non-hydrogen) atoms. The van der Waals surface area contributed by atoms with Crippen molar-refractivity contribution >= 4 is 28.4 Å². The van der Waals surface area contributed by atoms with Crippen LogP contribution in [0.5, 0.6) is 5.75 Å². The number of rotatable bonds is 4. The summed E-state index contributed by atoms with van der Waals surface area (Å²) in [6.07, 6.45) is 2.49. The zero-order valence-corrected chi connectivity index (χ0v) is 16.9. The molecule has 3 heterocycles. The molecule has 0 radical (unpaired) electrons. The van der Waals surface area contributed by atoms with Crippen LogP contribution in [0.15, 0.2) is 48.5 Å². The van der Waals surface area contributed by atoms with Crippen molar-refractivity contribution in [2.24, 2.45) is 0 Å². The van der Waals surface area contributed by atoms with Gasteiger partial charge in [0.05, 0.1) is 12.6 Å². The number of benzene rings is 2. The maximum Gasteiger partial charge on any atom is 0.228 e. The molecule has 3 aromatic rings. The SMILES string of the molecule is COc1ccc(N2CCN(c3nc(N4CCCC4)c4ccccc4n3)CC2)cc1. The standard InChI is InChI=1S/C23H27N5O/c1-29-19-10-8-18(9-11-19)26-14-16-28(17-15-26)23-24-21-7-3-2-6-20(21)22(25-23)27-12-4-5-13-27/h2-3,6-11H,4-5,12-17H2,1H3. The molecule has 0 aliphatic carbocycles. The first kappa shape index (κ1) is 18.0. The van der Waals surface area contributed by atoms with Crippen LogP contribution in [0.2, 0.25) is 0 Å². The lowest BCUT2D eigenvalue weighted by molar-refractivity contribution is 0.415. The van der Waals surface area contributed by atoms with Gasteiger partial charge in [-0.1, -0.05) is 12.1 Å². The van der Waals surface area contributed by atoms with Crippen LogP contribution in [-0.2, 0) is 0 Å². The fourth-order valence-electron chi connectivity index (χ4n) is 4.32. The molecule has 0 unspecified atom stereocenters. The number of anilines is 3. The summed E-state index contributed by atoms with van der Waals surface area (Å²) in [4.78, 5) is 17.1. The molecule has 150 valence electrons. The average Bonchev–Trinajstić information content (AvgIpc) is 3.33. The first-order chi connectivity index (χ1) is 14.3. The largest absolute Gasteiger partial charge is 0.497 e. The number of hydrogen-bond donors (Lipinski definition) is 0. The van der Waals surface area contributed by atoms with Crippen molar-refractivity contribution in [3.8, 4) is 5.75 Å². The molecule has 2 aliphatic rings. The average molecular weight is 390 g/mol. The molecule has 0 spiro atoms. The molecule has 2 aromatic carbocycles. The van der Waals surface area contributed by atoms with Gasteiger partial charge in [-0.2, -0.15) is 4.98 Å². The van der Waals surface area contributed by atoms with Gasteiger partial charge in [0.25, 0.3) is 0 Å². The van der Waals surface area contributed by atoms with Crippen LogP contribution in [0.25, 0.3) is 10.9 Å². The van der Waals surface area contributed by atoms with E-state index in [4.69, 9.17) is 14.7 Å². The second-order valence-electron chi connectivity index (χ2n) is 7.73. The van der Waals surface area contributed by atoms with Crippen molar-refractivity contribution in [3.05, 3.63) is 48.5 Å². The smallest absolute Gasteiger partial charge is 0.228 e. The third-order valence-corrected chi connectivity index (χ3v) is 5.98. The normalized spacial score (nSPS) is 17.2. The van der Waals surface area contributed by atoms with Crippen LogP contribution < -0.4 is 19.4 Å². The fraction of sp³-hybridized carbons (Fsp3) is 0.391. The number of nitrogens with zero attached hydrogens (tertiary/aromatic N) is 5. The van der Waals surface area contributed by atoms with E-state index in [2.05, 4.69) is 51.1 Å². The summed E-state index contributed by atoms with van der Waals surface area (Å²) in [5.74, 6) is 2.85. The summed E-state index contributed by atoms with van der Waals surface area (Å²) in [5.41, 5.74) is 2.28. The van der Waals surface area contributed by atoms with Gasteiger partial charge < -0.3 is 19.4 Å². The van der Waals surface area contributed by atoms with Crippen molar-refractivity contribution in [1.82, 2.24) is 9.97 Å². The minimum absolute atomic E-state index is 0.861. The molecule has 0 bridgehead atoms. The van der Waals surface area contributed by atoms with E-state index in [0.29, 0.717) is 0 Å². The molecule has 0 atom stereocenters. The van der Waals surface area contributed by atoms with Crippen molar-refractivity contribution in [1.29, 1.82) is 0 Å². The first-order valence-corrected chi connectivity index (χ1v) is 10.5. The molecular weight excluding hydrogens is 362 g/mol. The maximum atomic E-state index is 5.27. The Morgan fingerprint density at radius 3 is 2.14 bits per heavy atom. The fourth-order valence-corrected chi connectivity index (χ4v) is 4.32. The third-order valence-electron chi connectivity index (χ3n) is 5.98. The number of piperazine rings is 1. The molecule has 6 heteroatoms. The highest BCUT2D eigenvalue weighted by Crippen LogP contribution is 2.29. The number of aromatic nitrogens is 2. The summed E-state index contributed by atoms with van der Waals surface area (Å²) in [7, 11) is 1.70. The number of ether oxygens (including phenoxy) is 1. The van der Waals surface area contributed by atoms with Gasteiger partial charge in [0.2, 0.25) is 5.95 Å². The summed E-state index contributed by atoms with van der Waals surface area (Å²) < 4.78 is 5.27. The molecule has 0 N–H and O–H groups in total. The molecule has 0 saturated carbocycles. The van der Waals surface area contributed by atoms with Gasteiger partial charge in [0.1, 0.15) is 11.6 Å². The molecule has 2 saturated heterocycles. The molecule has 5 rings (SSSR count). The van der Waals surface area contributed by atoms with Gasteiger partial charge in [-0.25, -0.2) is 4.98 Å². The Bertz CT molecular complexity index is 976. The predicted molar refractivity (Wildman–Crippen MR) is 118 cm³/mol. The Balaban J connectivity index is 1.37. The third kappa shape index (κ3) is 3.55. The number of methoxy groups -OCH3 is 1. The molecule has 1 aromatic heterocycles. The van der Waals surface area contributed by atoms with E-state index in [0.717, 1.165) is 67.7 Å². The number of fused-ring (bicyclic) bond motifs is 1. The molecule has 0 amide bonds.